The van der Waals surface area contributed by atoms with E-state index in [0.717, 1.165) is 61.7 Å². The van der Waals surface area contributed by atoms with Crippen LogP contribution < -0.4 is 5.56 Å². The highest BCUT2D eigenvalue weighted by atomic mass is 16.3. The lowest BCUT2D eigenvalue weighted by Crippen LogP contribution is -2.26. The van der Waals surface area contributed by atoms with Crippen LogP contribution in [-0.4, -0.2) is 37.9 Å². The molecular weight excluding hydrogens is 342 g/mol. The lowest BCUT2D eigenvalue weighted by molar-refractivity contribution is 0.252. The van der Waals surface area contributed by atoms with Gasteiger partial charge in [0.25, 0.3) is 5.56 Å². The minimum Gasteiger partial charge on any atom is -0.465 e. The summed E-state index contributed by atoms with van der Waals surface area (Å²) >= 11 is 0. The molecule has 4 heterocycles. The largest absolute Gasteiger partial charge is 0.465 e. The lowest BCUT2D eigenvalue weighted by Gasteiger charge is -2.17. The van der Waals surface area contributed by atoms with Crippen LogP contribution in [0.15, 0.2) is 39.9 Å². The molecule has 3 aromatic rings. The summed E-state index contributed by atoms with van der Waals surface area (Å²) in [7, 11) is 0. The third-order valence-electron chi connectivity index (χ3n) is 4.84. The number of aromatic amines is 1. The van der Waals surface area contributed by atoms with Gasteiger partial charge in [-0.1, -0.05) is 6.92 Å². The van der Waals surface area contributed by atoms with Crippen molar-refractivity contribution in [3.8, 4) is 11.5 Å². The van der Waals surface area contributed by atoms with Crippen LogP contribution in [0.25, 0.3) is 11.5 Å². The maximum Gasteiger partial charge on any atom is 0.254 e. The Bertz CT molecular complexity index is 964. The van der Waals surface area contributed by atoms with Crippen molar-refractivity contribution in [3.05, 3.63) is 63.9 Å². The number of fused-ring (bicyclic) bond motifs is 1. The molecule has 0 unspecified atom stereocenters. The smallest absolute Gasteiger partial charge is 0.254 e. The molecule has 0 aliphatic carbocycles. The van der Waals surface area contributed by atoms with Gasteiger partial charge >= 0.3 is 0 Å². The highest BCUT2D eigenvalue weighted by Gasteiger charge is 2.20. The number of rotatable bonds is 5. The van der Waals surface area contributed by atoms with Crippen LogP contribution in [0, 0.1) is 0 Å². The highest BCUT2D eigenvalue weighted by Crippen LogP contribution is 2.17. The predicted molar refractivity (Wildman–Crippen MR) is 101 cm³/mol. The second-order valence-corrected chi connectivity index (χ2v) is 6.82. The number of aryl methyl sites for hydroxylation is 1. The number of nitrogens with zero attached hydrogens (tertiary/aromatic N) is 4. The molecule has 4 rings (SSSR count). The molecule has 7 nitrogen and oxygen atoms in total. The van der Waals surface area contributed by atoms with Gasteiger partial charge in [0.15, 0.2) is 5.82 Å². The van der Waals surface area contributed by atoms with E-state index in [9.17, 15) is 4.79 Å². The average molecular weight is 365 g/mol. The molecule has 140 valence electrons. The van der Waals surface area contributed by atoms with E-state index in [4.69, 9.17) is 4.42 Å². The van der Waals surface area contributed by atoms with Crippen molar-refractivity contribution in [2.45, 2.75) is 39.2 Å². The third kappa shape index (κ3) is 3.98. The second-order valence-electron chi connectivity index (χ2n) is 6.82. The fourth-order valence-electron chi connectivity index (χ4n) is 3.46. The molecule has 0 fully saturated rings. The van der Waals surface area contributed by atoms with Crippen LogP contribution >= 0.6 is 0 Å². The van der Waals surface area contributed by atoms with Crippen LogP contribution in [0.4, 0.5) is 0 Å². The Kier molecular flexibility index (Phi) is 5.11. The van der Waals surface area contributed by atoms with Crippen molar-refractivity contribution >= 4 is 0 Å². The molecule has 1 aliphatic heterocycles. The van der Waals surface area contributed by atoms with E-state index in [-0.39, 0.29) is 5.56 Å². The van der Waals surface area contributed by atoms with Gasteiger partial charge in [-0.3, -0.25) is 14.7 Å². The first-order valence-electron chi connectivity index (χ1n) is 9.41. The van der Waals surface area contributed by atoms with E-state index < -0.39 is 0 Å². The third-order valence-corrected chi connectivity index (χ3v) is 4.84. The van der Waals surface area contributed by atoms with E-state index in [0.29, 0.717) is 17.9 Å². The van der Waals surface area contributed by atoms with Crippen LogP contribution in [0.3, 0.4) is 0 Å². The Morgan fingerprint density at radius 1 is 1.19 bits per heavy atom. The molecular formula is C20H23N5O2. The predicted octanol–water partition coefficient (Wildman–Crippen LogP) is 2.37. The van der Waals surface area contributed by atoms with Crippen molar-refractivity contribution in [1.82, 2.24) is 24.8 Å². The van der Waals surface area contributed by atoms with E-state index in [2.05, 4.69) is 43.9 Å². The van der Waals surface area contributed by atoms with Crippen LogP contribution in [0.5, 0.6) is 0 Å². The molecule has 0 saturated carbocycles. The van der Waals surface area contributed by atoms with Crippen molar-refractivity contribution in [1.29, 1.82) is 0 Å². The van der Waals surface area contributed by atoms with Gasteiger partial charge in [0.1, 0.15) is 17.2 Å². The van der Waals surface area contributed by atoms with Gasteiger partial charge in [0, 0.05) is 43.9 Å². The van der Waals surface area contributed by atoms with Crippen LogP contribution in [0.2, 0.25) is 0 Å². The molecule has 0 radical (unpaired) electrons. The van der Waals surface area contributed by atoms with Gasteiger partial charge < -0.3 is 9.40 Å². The van der Waals surface area contributed by atoms with Crippen molar-refractivity contribution in [2.75, 3.05) is 13.1 Å². The number of furan rings is 1. The zero-order valence-electron chi connectivity index (χ0n) is 15.4. The minimum atomic E-state index is -0.0780. The Hall–Kier alpha value is -2.80. The van der Waals surface area contributed by atoms with E-state index >= 15 is 0 Å². The number of aromatic nitrogens is 4. The molecule has 7 heteroatoms. The van der Waals surface area contributed by atoms with Gasteiger partial charge in [0.2, 0.25) is 0 Å². The molecule has 0 atom stereocenters. The minimum absolute atomic E-state index is 0.0780. The molecule has 1 N–H and O–H groups in total. The Labute approximate surface area is 157 Å². The molecule has 0 spiro atoms. The standard InChI is InChI=1S/C20H23N5O2/c1-2-3-14-4-5-15(27-14)13-25-10-6-16-17(7-11-25)23-19(24-20(16)26)18-12-21-8-9-22-18/h4-5,8-9,12H,2-3,6-7,10-11,13H2,1H3,(H,23,24,26). The normalized spacial score (nSPS) is 14.7. The van der Waals surface area contributed by atoms with E-state index in [1.165, 1.54) is 0 Å². The molecule has 0 amide bonds. The lowest BCUT2D eigenvalue weighted by atomic mass is 10.1. The Morgan fingerprint density at radius 3 is 2.85 bits per heavy atom. The van der Waals surface area contributed by atoms with Crippen molar-refractivity contribution in [2.24, 2.45) is 0 Å². The van der Waals surface area contributed by atoms with Gasteiger partial charge in [0.05, 0.1) is 18.4 Å². The van der Waals surface area contributed by atoms with Crippen molar-refractivity contribution < 1.29 is 4.42 Å². The van der Waals surface area contributed by atoms with Crippen molar-refractivity contribution in [3.63, 3.8) is 0 Å². The maximum atomic E-state index is 12.6. The monoisotopic (exact) mass is 365 g/mol. The highest BCUT2D eigenvalue weighted by molar-refractivity contribution is 5.47. The summed E-state index contributed by atoms with van der Waals surface area (Å²) in [5.74, 6) is 2.50. The molecule has 0 saturated heterocycles. The van der Waals surface area contributed by atoms with Crippen LogP contribution in [-0.2, 0) is 25.8 Å². The quantitative estimate of drug-likeness (QED) is 0.747. The van der Waals surface area contributed by atoms with Gasteiger partial charge in [-0.2, -0.15) is 0 Å². The molecule has 3 aromatic heterocycles. The summed E-state index contributed by atoms with van der Waals surface area (Å²) in [6, 6.07) is 4.12. The maximum absolute atomic E-state index is 12.6. The van der Waals surface area contributed by atoms with E-state index in [1.54, 1.807) is 18.6 Å². The molecule has 0 bridgehead atoms. The Morgan fingerprint density at radius 2 is 2.04 bits per heavy atom. The zero-order valence-corrected chi connectivity index (χ0v) is 15.4. The summed E-state index contributed by atoms with van der Waals surface area (Å²) in [6.07, 6.45) is 8.27. The molecule has 27 heavy (non-hydrogen) atoms. The summed E-state index contributed by atoms with van der Waals surface area (Å²) in [6.45, 7) is 4.56. The molecule has 0 aromatic carbocycles. The number of hydrogen-bond donors (Lipinski definition) is 1. The van der Waals surface area contributed by atoms with E-state index in [1.807, 2.05) is 0 Å². The average Bonchev–Trinajstić information content (AvgIpc) is 3.01. The SMILES string of the molecule is CCCc1ccc(CN2CCc3nc(-c4cnccn4)[nH]c(=O)c3CC2)o1. The van der Waals surface area contributed by atoms with Gasteiger partial charge in [-0.15, -0.1) is 0 Å². The second kappa shape index (κ2) is 7.84. The topological polar surface area (TPSA) is 87.9 Å². The first-order chi connectivity index (χ1) is 13.2. The first-order valence-corrected chi connectivity index (χ1v) is 9.41. The summed E-state index contributed by atoms with van der Waals surface area (Å²) < 4.78 is 5.90. The van der Waals surface area contributed by atoms with Gasteiger partial charge in [-0.05, 0) is 25.0 Å². The number of H-pyrrole nitrogens is 1. The summed E-state index contributed by atoms with van der Waals surface area (Å²) in [4.78, 5) is 30.7. The van der Waals surface area contributed by atoms with Crippen LogP contribution in [0.1, 0.15) is 36.1 Å². The fourth-order valence-corrected chi connectivity index (χ4v) is 3.46. The van der Waals surface area contributed by atoms with Gasteiger partial charge in [-0.25, -0.2) is 9.97 Å². The summed E-state index contributed by atoms with van der Waals surface area (Å²) in [5, 5.41) is 0. The summed E-state index contributed by atoms with van der Waals surface area (Å²) in [5.41, 5.74) is 2.13. The Balaban J connectivity index is 1.50. The number of hydrogen-bond acceptors (Lipinski definition) is 6. The first kappa shape index (κ1) is 17.6. The molecule has 1 aliphatic rings. The zero-order chi connectivity index (χ0) is 18.6. The number of nitrogens with one attached hydrogen (secondary N) is 1. The fraction of sp³-hybridized carbons (Fsp3) is 0.400.